The van der Waals surface area contributed by atoms with Gasteiger partial charge < -0.3 is 15.3 Å². The Bertz CT molecular complexity index is 219. The highest BCUT2D eigenvalue weighted by atomic mass is 32.2. The molecule has 4 N–H and O–H groups in total. The van der Waals surface area contributed by atoms with Gasteiger partial charge in [-0.2, -0.15) is 8.42 Å². The molecule has 0 unspecified atom stereocenters. The summed E-state index contributed by atoms with van der Waals surface area (Å²) in [6, 6.07) is 0. The molecule has 0 aliphatic carbocycles. The highest BCUT2D eigenvalue weighted by Crippen LogP contribution is 1.90. The number of aliphatic carboxylic acids is 1. The second-order valence-corrected chi connectivity index (χ2v) is 4.23. The van der Waals surface area contributed by atoms with Crippen molar-refractivity contribution in [3.05, 3.63) is 0 Å². The van der Waals surface area contributed by atoms with Crippen molar-refractivity contribution in [1.82, 2.24) is 0 Å². The monoisotopic (exact) mass is 260 g/mol. The molecule has 0 aliphatic rings. The molecule has 0 atom stereocenters. The Hall–Kier alpha value is -0.700. The van der Waals surface area contributed by atoms with Gasteiger partial charge in [0.1, 0.15) is 0 Å². The fourth-order valence-corrected chi connectivity index (χ4v) is 0.400. The first kappa shape index (κ1) is 20.7. The fraction of sp³-hybridized carbons (Fsp3) is 0.875. The van der Waals surface area contributed by atoms with Gasteiger partial charge in [-0.15, -0.1) is 0 Å². The van der Waals surface area contributed by atoms with Gasteiger partial charge >= 0.3 is 0 Å². The van der Waals surface area contributed by atoms with E-state index in [1.54, 1.807) is 0 Å². The third kappa shape index (κ3) is 185. The number of carboxylic acids is 1. The van der Waals surface area contributed by atoms with Crippen molar-refractivity contribution in [1.29, 1.82) is 0 Å². The van der Waals surface area contributed by atoms with Crippen LogP contribution in [-0.2, 0) is 14.9 Å². The molecule has 0 saturated carbocycles. The standard InChI is InChI=1S/C5H12O2.C2H4O2.CH4O3S/c6-4-2-1-3-5-7;1-2(3)4;1-5(2,3)4/h6-7H,1-5H2;1H3,(H,3,4);1H3,(H,2,3,4). The number of hydrogen-bond acceptors (Lipinski definition) is 5. The first-order valence-corrected chi connectivity index (χ1v) is 6.33. The van der Waals surface area contributed by atoms with E-state index in [1.807, 2.05) is 0 Å². The van der Waals surface area contributed by atoms with E-state index in [0.29, 0.717) is 6.26 Å². The number of carboxylic acid groups (broad SMARTS) is 1. The Labute approximate surface area is 95.5 Å². The van der Waals surface area contributed by atoms with Crippen molar-refractivity contribution in [3.63, 3.8) is 0 Å². The van der Waals surface area contributed by atoms with E-state index in [1.165, 1.54) is 0 Å². The van der Waals surface area contributed by atoms with Gasteiger partial charge in [-0.1, -0.05) is 0 Å². The van der Waals surface area contributed by atoms with E-state index >= 15 is 0 Å². The maximum atomic E-state index is 9.19. The van der Waals surface area contributed by atoms with Gasteiger partial charge in [0.05, 0.1) is 6.26 Å². The molecule has 0 aromatic carbocycles. The highest BCUT2D eigenvalue weighted by molar-refractivity contribution is 7.85. The van der Waals surface area contributed by atoms with Gasteiger partial charge in [0.15, 0.2) is 0 Å². The average Bonchev–Trinajstić information content (AvgIpc) is 2.01. The SMILES string of the molecule is CC(=O)O.CS(=O)(=O)O.OCCCCCO. The topological polar surface area (TPSA) is 132 Å². The molecule has 0 radical (unpaired) electrons. The smallest absolute Gasteiger partial charge is 0.300 e. The maximum absolute atomic E-state index is 9.19. The second kappa shape index (κ2) is 14.3. The minimum Gasteiger partial charge on any atom is -0.481 e. The zero-order valence-electron chi connectivity index (χ0n) is 9.46. The summed E-state index contributed by atoms with van der Waals surface area (Å²) in [5, 5.41) is 23.8. The Morgan fingerprint density at radius 2 is 1.25 bits per heavy atom. The van der Waals surface area contributed by atoms with Gasteiger partial charge in [0, 0.05) is 20.1 Å². The molecule has 0 aromatic rings. The lowest BCUT2D eigenvalue weighted by Gasteiger charge is -1.90. The second-order valence-electron chi connectivity index (χ2n) is 2.76. The van der Waals surface area contributed by atoms with Crippen molar-refractivity contribution in [2.75, 3.05) is 19.5 Å². The lowest BCUT2D eigenvalue weighted by Crippen LogP contribution is -1.88. The zero-order chi connectivity index (χ0) is 13.6. The normalized spacial score (nSPS) is 9.31. The predicted octanol–water partition coefficient (Wildman–Crippen LogP) is -0.264. The molecule has 100 valence electrons. The summed E-state index contributed by atoms with van der Waals surface area (Å²) in [6.07, 6.45) is 3.29. The molecule has 0 aromatic heterocycles. The minimum atomic E-state index is -3.67. The molecule has 0 heterocycles. The van der Waals surface area contributed by atoms with Crippen LogP contribution in [0, 0.1) is 0 Å². The minimum absolute atomic E-state index is 0.250. The number of aliphatic hydroxyl groups excluding tert-OH is 2. The summed E-state index contributed by atoms with van der Waals surface area (Å²) in [5.74, 6) is -0.833. The highest BCUT2D eigenvalue weighted by Gasteiger charge is 1.82. The molecular weight excluding hydrogens is 240 g/mol. The van der Waals surface area contributed by atoms with E-state index in [4.69, 9.17) is 24.7 Å². The molecule has 0 aliphatic heterocycles. The Balaban J connectivity index is -0.000000166. The van der Waals surface area contributed by atoms with Crippen LogP contribution in [0.15, 0.2) is 0 Å². The first-order valence-electron chi connectivity index (χ1n) is 4.48. The van der Waals surface area contributed by atoms with E-state index in [-0.39, 0.29) is 13.2 Å². The van der Waals surface area contributed by atoms with Crippen LogP contribution in [0.25, 0.3) is 0 Å². The summed E-state index contributed by atoms with van der Waals surface area (Å²) in [4.78, 5) is 9.00. The first-order chi connectivity index (χ1) is 7.15. The predicted molar refractivity (Wildman–Crippen MR) is 58.8 cm³/mol. The van der Waals surface area contributed by atoms with Crippen molar-refractivity contribution >= 4 is 16.1 Å². The summed E-state index contributed by atoms with van der Waals surface area (Å²) in [6.45, 7) is 1.58. The Morgan fingerprint density at radius 1 is 1.06 bits per heavy atom. The molecule has 7 nitrogen and oxygen atoms in total. The maximum Gasteiger partial charge on any atom is 0.300 e. The molecule has 16 heavy (non-hydrogen) atoms. The van der Waals surface area contributed by atoms with E-state index in [0.717, 1.165) is 26.2 Å². The third-order valence-corrected chi connectivity index (χ3v) is 0.816. The lowest BCUT2D eigenvalue weighted by molar-refractivity contribution is -0.134. The molecule has 0 amide bonds. The average molecular weight is 260 g/mol. The van der Waals surface area contributed by atoms with Crippen LogP contribution < -0.4 is 0 Å². The van der Waals surface area contributed by atoms with Crippen LogP contribution in [0.4, 0.5) is 0 Å². The molecule has 8 heteroatoms. The lowest BCUT2D eigenvalue weighted by atomic mass is 10.2. The van der Waals surface area contributed by atoms with Crippen LogP contribution in [0.2, 0.25) is 0 Å². The summed E-state index contributed by atoms with van der Waals surface area (Å²) in [5.41, 5.74) is 0. The van der Waals surface area contributed by atoms with Crippen LogP contribution in [-0.4, -0.2) is 53.7 Å². The molecule has 0 rings (SSSR count). The third-order valence-electron chi connectivity index (χ3n) is 0.816. The fourth-order valence-electron chi connectivity index (χ4n) is 0.400. The van der Waals surface area contributed by atoms with E-state index in [9.17, 15) is 8.42 Å². The quantitative estimate of drug-likeness (QED) is 0.404. The van der Waals surface area contributed by atoms with Crippen molar-refractivity contribution in [2.24, 2.45) is 0 Å². The number of carbonyl (C=O) groups is 1. The van der Waals surface area contributed by atoms with E-state index in [2.05, 4.69) is 0 Å². The van der Waals surface area contributed by atoms with Crippen LogP contribution in [0.5, 0.6) is 0 Å². The number of aliphatic hydroxyl groups is 2. The van der Waals surface area contributed by atoms with E-state index < -0.39 is 16.1 Å². The van der Waals surface area contributed by atoms with Gasteiger partial charge in [-0.05, 0) is 19.3 Å². The summed E-state index contributed by atoms with van der Waals surface area (Å²) in [7, 11) is -3.67. The zero-order valence-corrected chi connectivity index (χ0v) is 10.3. The number of unbranched alkanes of at least 4 members (excludes halogenated alkanes) is 2. The Morgan fingerprint density at radius 3 is 1.38 bits per heavy atom. The number of hydrogen-bond donors (Lipinski definition) is 4. The van der Waals surface area contributed by atoms with Gasteiger partial charge in [-0.25, -0.2) is 0 Å². The van der Waals surface area contributed by atoms with Crippen LogP contribution in [0.3, 0.4) is 0 Å². The Kier molecular flexibility index (Phi) is 18.5. The molecule has 0 fully saturated rings. The molecule has 0 spiro atoms. The number of rotatable bonds is 4. The van der Waals surface area contributed by atoms with Crippen LogP contribution >= 0.6 is 0 Å². The van der Waals surface area contributed by atoms with Gasteiger partial charge in [-0.3, -0.25) is 9.35 Å². The molecule has 0 bridgehead atoms. The largest absolute Gasteiger partial charge is 0.481 e. The summed E-state index contributed by atoms with van der Waals surface area (Å²) < 4.78 is 25.9. The van der Waals surface area contributed by atoms with Crippen molar-refractivity contribution in [2.45, 2.75) is 26.2 Å². The molecular formula is C8H20O7S. The molecule has 0 saturated heterocycles. The van der Waals surface area contributed by atoms with Crippen molar-refractivity contribution < 1.29 is 33.1 Å². The van der Waals surface area contributed by atoms with Gasteiger partial charge in [0.2, 0.25) is 0 Å². The van der Waals surface area contributed by atoms with Gasteiger partial charge in [0.25, 0.3) is 16.1 Å². The summed E-state index contributed by atoms with van der Waals surface area (Å²) >= 11 is 0. The van der Waals surface area contributed by atoms with Crippen molar-refractivity contribution in [3.8, 4) is 0 Å². The van der Waals surface area contributed by atoms with Crippen LogP contribution in [0.1, 0.15) is 26.2 Å².